The van der Waals surface area contributed by atoms with Crippen LogP contribution in [0.25, 0.3) is 0 Å². The van der Waals surface area contributed by atoms with Gasteiger partial charge in [-0.05, 0) is 120 Å². The number of fused-ring (bicyclic) bond motifs is 1. The topological polar surface area (TPSA) is 103 Å². The molecule has 43 heavy (non-hydrogen) atoms. The minimum Gasteiger partial charge on any atom is -0.444 e. The lowest BCUT2D eigenvalue weighted by molar-refractivity contribution is 0.0635. The molecule has 0 saturated carbocycles. The largest absolute Gasteiger partial charge is 0.444 e. The molecule has 4 rings (SSSR count). The van der Waals surface area contributed by atoms with Crippen molar-refractivity contribution in [1.82, 2.24) is 9.80 Å². The third kappa shape index (κ3) is 9.58. The summed E-state index contributed by atoms with van der Waals surface area (Å²) in [4.78, 5) is 42.6. The van der Waals surface area contributed by atoms with Crippen molar-refractivity contribution >= 4 is 35.1 Å². The molecule has 0 heterocycles. The maximum atomic E-state index is 13.4. The number of hydrogen-bond donors (Lipinski definition) is 3. The lowest BCUT2D eigenvalue weighted by atomic mass is 10.1. The Morgan fingerprint density at radius 2 is 1.49 bits per heavy atom. The van der Waals surface area contributed by atoms with Crippen LogP contribution in [0.2, 0.25) is 0 Å². The number of rotatable bonds is 10. The van der Waals surface area contributed by atoms with Gasteiger partial charge in [0.15, 0.2) is 0 Å². The Morgan fingerprint density at radius 3 is 2.16 bits per heavy atom. The molecule has 9 nitrogen and oxygen atoms in total. The van der Waals surface area contributed by atoms with E-state index in [4.69, 9.17) is 4.74 Å². The Morgan fingerprint density at radius 1 is 0.814 bits per heavy atom. The summed E-state index contributed by atoms with van der Waals surface area (Å²) >= 11 is 0. The minimum absolute atomic E-state index is 0.146. The van der Waals surface area contributed by atoms with Gasteiger partial charge in [0.05, 0.1) is 11.4 Å². The van der Waals surface area contributed by atoms with E-state index in [-0.39, 0.29) is 11.9 Å². The van der Waals surface area contributed by atoms with E-state index in [0.29, 0.717) is 30.0 Å². The zero-order valence-electron chi connectivity index (χ0n) is 25.8. The van der Waals surface area contributed by atoms with Crippen LogP contribution >= 0.6 is 0 Å². The number of carbonyl (C=O) groups is 3. The fourth-order valence-electron chi connectivity index (χ4n) is 4.97. The fourth-order valence-corrected chi connectivity index (χ4v) is 4.97. The standard InChI is InChI=1S/C34H43N5O4/c1-34(2,3)43-33(42)37-30-13-7-6-12-29(30)36-31(40)26-16-14-24(15-17-26)23-39(21-9-20-38(4)5)32(41)35-28-19-18-25-10-8-11-27(25)22-28/h6-7,12-19,22H,8-11,20-21,23H2,1-5H3,(H,35,41)(H,36,40)(H,37,42). The first-order valence-corrected chi connectivity index (χ1v) is 14.8. The highest BCUT2D eigenvalue weighted by atomic mass is 16.6. The fraction of sp³-hybridized carbons (Fsp3) is 0.382. The quantitative estimate of drug-likeness (QED) is 0.244. The second kappa shape index (κ2) is 14.2. The number of para-hydroxylation sites is 2. The first-order valence-electron chi connectivity index (χ1n) is 14.8. The molecule has 0 radical (unpaired) electrons. The van der Waals surface area contributed by atoms with Gasteiger partial charge in [0, 0.05) is 24.3 Å². The SMILES string of the molecule is CN(C)CCCN(Cc1ccc(C(=O)Nc2ccccc2NC(=O)OC(C)(C)C)cc1)C(=O)Nc1ccc2c(c1)CCC2. The number of nitrogens with one attached hydrogen (secondary N) is 3. The summed E-state index contributed by atoms with van der Waals surface area (Å²) < 4.78 is 5.34. The van der Waals surface area contributed by atoms with Gasteiger partial charge in [0.2, 0.25) is 0 Å². The molecule has 0 bridgehead atoms. The Labute approximate surface area is 254 Å². The lowest BCUT2D eigenvalue weighted by Gasteiger charge is -2.24. The Bertz CT molecular complexity index is 1430. The minimum atomic E-state index is -0.645. The summed E-state index contributed by atoms with van der Waals surface area (Å²) in [6.07, 6.45) is 3.55. The smallest absolute Gasteiger partial charge is 0.412 e. The Balaban J connectivity index is 1.40. The van der Waals surface area contributed by atoms with Crippen molar-refractivity contribution in [1.29, 1.82) is 0 Å². The van der Waals surface area contributed by atoms with Crippen LogP contribution in [0.15, 0.2) is 66.7 Å². The normalized spacial score (nSPS) is 12.4. The number of aryl methyl sites for hydroxylation is 2. The molecule has 0 atom stereocenters. The van der Waals surface area contributed by atoms with E-state index in [1.165, 1.54) is 11.1 Å². The zero-order chi connectivity index (χ0) is 31.0. The average molecular weight is 586 g/mol. The monoisotopic (exact) mass is 585 g/mol. The van der Waals surface area contributed by atoms with E-state index >= 15 is 0 Å². The summed E-state index contributed by atoms with van der Waals surface area (Å²) in [7, 11) is 4.04. The van der Waals surface area contributed by atoms with Gasteiger partial charge in [0.25, 0.3) is 5.91 Å². The molecular weight excluding hydrogens is 542 g/mol. The number of amides is 4. The van der Waals surface area contributed by atoms with E-state index in [1.807, 2.05) is 37.2 Å². The van der Waals surface area contributed by atoms with Crippen LogP contribution in [-0.2, 0) is 24.1 Å². The second-order valence-corrected chi connectivity index (χ2v) is 12.2. The molecule has 0 fully saturated rings. The summed E-state index contributed by atoms with van der Waals surface area (Å²) in [6.45, 7) is 7.23. The molecule has 9 heteroatoms. The number of nitrogens with zero attached hydrogens (tertiary/aromatic N) is 2. The first kappa shape index (κ1) is 31.6. The summed E-state index contributed by atoms with van der Waals surface area (Å²) in [5.74, 6) is -0.317. The lowest BCUT2D eigenvalue weighted by Crippen LogP contribution is -2.36. The van der Waals surface area contributed by atoms with Gasteiger partial charge in [-0.15, -0.1) is 0 Å². The van der Waals surface area contributed by atoms with Crippen molar-refractivity contribution in [2.24, 2.45) is 0 Å². The van der Waals surface area contributed by atoms with Gasteiger partial charge in [-0.25, -0.2) is 9.59 Å². The number of carbonyl (C=O) groups excluding carboxylic acids is 3. The predicted molar refractivity (Wildman–Crippen MR) is 172 cm³/mol. The van der Waals surface area contributed by atoms with Crippen molar-refractivity contribution in [3.8, 4) is 0 Å². The molecule has 228 valence electrons. The first-order chi connectivity index (χ1) is 20.5. The number of urea groups is 1. The van der Waals surface area contributed by atoms with E-state index in [2.05, 4.69) is 33.0 Å². The Kier molecular flexibility index (Phi) is 10.4. The second-order valence-electron chi connectivity index (χ2n) is 12.2. The van der Waals surface area contributed by atoms with Crippen molar-refractivity contribution in [2.75, 3.05) is 43.1 Å². The van der Waals surface area contributed by atoms with Gasteiger partial charge >= 0.3 is 12.1 Å². The Hall–Kier alpha value is -4.37. The highest BCUT2D eigenvalue weighted by molar-refractivity contribution is 6.06. The highest BCUT2D eigenvalue weighted by Crippen LogP contribution is 2.26. The predicted octanol–water partition coefficient (Wildman–Crippen LogP) is 6.76. The molecule has 1 aliphatic carbocycles. The number of ether oxygens (including phenoxy) is 1. The molecule has 0 spiro atoms. The van der Waals surface area contributed by atoms with Gasteiger partial charge in [-0.2, -0.15) is 0 Å². The number of anilines is 3. The molecule has 0 aliphatic heterocycles. The molecule has 0 aromatic heterocycles. The van der Waals surface area contributed by atoms with Crippen molar-refractivity contribution in [3.63, 3.8) is 0 Å². The van der Waals surface area contributed by atoms with Crippen LogP contribution in [0, 0.1) is 0 Å². The third-order valence-corrected chi connectivity index (χ3v) is 7.07. The van der Waals surface area contributed by atoms with Crippen LogP contribution in [0.1, 0.15) is 60.7 Å². The van der Waals surface area contributed by atoms with E-state index in [9.17, 15) is 14.4 Å². The summed E-state index contributed by atoms with van der Waals surface area (Å²) in [5, 5.41) is 8.65. The van der Waals surface area contributed by atoms with Crippen LogP contribution in [0.5, 0.6) is 0 Å². The number of hydrogen-bond acceptors (Lipinski definition) is 5. The van der Waals surface area contributed by atoms with Crippen molar-refractivity contribution in [3.05, 3.63) is 89.0 Å². The molecule has 4 amide bonds. The summed E-state index contributed by atoms with van der Waals surface area (Å²) in [6, 6.07) is 20.2. The molecule has 3 aromatic rings. The maximum absolute atomic E-state index is 13.4. The number of benzene rings is 3. The maximum Gasteiger partial charge on any atom is 0.412 e. The van der Waals surface area contributed by atoms with Gasteiger partial charge in [-0.1, -0.05) is 30.3 Å². The molecule has 1 aliphatic rings. The van der Waals surface area contributed by atoms with Gasteiger partial charge < -0.3 is 25.2 Å². The van der Waals surface area contributed by atoms with Crippen molar-refractivity contribution < 1.29 is 19.1 Å². The zero-order valence-corrected chi connectivity index (χ0v) is 25.8. The van der Waals surface area contributed by atoms with Gasteiger partial charge in [-0.3, -0.25) is 10.1 Å². The van der Waals surface area contributed by atoms with Crippen LogP contribution in [-0.4, -0.2) is 60.6 Å². The van der Waals surface area contributed by atoms with E-state index in [0.717, 1.165) is 43.5 Å². The van der Waals surface area contributed by atoms with E-state index < -0.39 is 11.7 Å². The highest BCUT2D eigenvalue weighted by Gasteiger charge is 2.19. The molecule has 0 unspecified atom stereocenters. The van der Waals surface area contributed by atoms with Crippen LogP contribution < -0.4 is 16.0 Å². The third-order valence-electron chi connectivity index (χ3n) is 7.07. The molecule has 0 saturated heterocycles. The van der Waals surface area contributed by atoms with Crippen molar-refractivity contribution in [2.45, 2.75) is 58.6 Å². The average Bonchev–Trinajstić information content (AvgIpc) is 3.41. The van der Waals surface area contributed by atoms with E-state index in [1.54, 1.807) is 57.2 Å². The van der Waals surface area contributed by atoms with Crippen LogP contribution in [0.3, 0.4) is 0 Å². The summed E-state index contributed by atoms with van der Waals surface area (Å²) in [5.41, 5.74) is 5.12. The van der Waals surface area contributed by atoms with Gasteiger partial charge in [0.1, 0.15) is 5.60 Å². The van der Waals surface area contributed by atoms with Crippen LogP contribution in [0.4, 0.5) is 26.7 Å². The molecule has 3 N–H and O–H groups in total. The molecule has 3 aromatic carbocycles. The molecular formula is C34H43N5O4.